The van der Waals surface area contributed by atoms with E-state index in [1.165, 1.54) is 24.3 Å². The van der Waals surface area contributed by atoms with Gasteiger partial charge in [0.2, 0.25) is 0 Å². The van der Waals surface area contributed by atoms with Crippen LogP contribution >= 0.6 is 11.6 Å². The van der Waals surface area contributed by atoms with Gasteiger partial charge in [-0.2, -0.15) is 0 Å². The zero-order valence-electron chi connectivity index (χ0n) is 15.3. The third-order valence-corrected chi connectivity index (χ3v) is 5.01. The maximum atomic E-state index is 12.9. The minimum Gasteiger partial charge on any atom is -0.507 e. The number of furan rings is 1. The van der Waals surface area contributed by atoms with Crippen molar-refractivity contribution in [3.8, 4) is 5.75 Å². The maximum absolute atomic E-state index is 12.9. The minimum atomic E-state index is -0.909. The van der Waals surface area contributed by atoms with Crippen LogP contribution in [-0.2, 0) is 9.59 Å². The predicted octanol–water partition coefficient (Wildman–Crippen LogP) is 4.57. The van der Waals surface area contributed by atoms with Gasteiger partial charge >= 0.3 is 0 Å². The first kappa shape index (κ1) is 18.8. The van der Waals surface area contributed by atoms with E-state index in [0.29, 0.717) is 22.8 Å². The summed E-state index contributed by atoms with van der Waals surface area (Å²) in [7, 11) is 1.48. The topological polar surface area (TPSA) is 80.0 Å². The lowest BCUT2D eigenvalue weighted by molar-refractivity contribution is -0.132. The lowest BCUT2D eigenvalue weighted by Gasteiger charge is -2.23. The number of ether oxygens (including phenoxy) is 1. The van der Waals surface area contributed by atoms with Crippen LogP contribution in [0.1, 0.15) is 17.4 Å². The molecule has 1 aliphatic heterocycles. The first-order valence-electron chi connectivity index (χ1n) is 8.76. The summed E-state index contributed by atoms with van der Waals surface area (Å²) >= 11 is 6.17. The van der Waals surface area contributed by atoms with Gasteiger partial charge in [0.25, 0.3) is 11.7 Å². The second-order valence-electron chi connectivity index (χ2n) is 6.37. The minimum absolute atomic E-state index is 0.0740. The summed E-state index contributed by atoms with van der Waals surface area (Å²) in [6, 6.07) is 15.8. The zero-order chi connectivity index (χ0) is 20.5. The third-order valence-electron chi connectivity index (χ3n) is 4.72. The van der Waals surface area contributed by atoms with Crippen LogP contribution in [0.15, 0.2) is 76.9 Å². The molecule has 1 aliphatic rings. The molecule has 4 rings (SSSR count). The molecule has 6 nitrogen and oxygen atoms in total. The van der Waals surface area contributed by atoms with Crippen molar-refractivity contribution in [2.45, 2.75) is 6.04 Å². The number of carbonyl (C=O) groups excluding carboxylic acids is 2. The highest BCUT2D eigenvalue weighted by molar-refractivity contribution is 6.51. The van der Waals surface area contributed by atoms with Crippen LogP contribution in [0.3, 0.4) is 0 Å². The Bertz CT molecular complexity index is 1110. The van der Waals surface area contributed by atoms with Gasteiger partial charge in [0.15, 0.2) is 0 Å². The highest BCUT2D eigenvalue weighted by Gasteiger charge is 2.48. The van der Waals surface area contributed by atoms with Crippen LogP contribution in [0, 0.1) is 0 Å². The van der Waals surface area contributed by atoms with Crippen molar-refractivity contribution >= 4 is 34.7 Å². The van der Waals surface area contributed by atoms with Crippen LogP contribution in [0.2, 0.25) is 5.02 Å². The van der Waals surface area contributed by atoms with Gasteiger partial charge in [0.05, 0.1) is 24.0 Å². The Labute approximate surface area is 171 Å². The summed E-state index contributed by atoms with van der Waals surface area (Å²) in [6.07, 6.45) is 1.45. The second-order valence-corrected chi connectivity index (χ2v) is 6.78. The van der Waals surface area contributed by atoms with Crippen molar-refractivity contribution in [1.82, 2.24) is 0 Å². The number of hydrogen-bond acceptors (Lipinski definition) is 5. The molecule has 3 aromatic rings. The summed E-state index contributed by atoms with van der Waals surface area (Å²) in [5.74, 6) is -1.11. The molecule has 0 saturated carbocycles. The number of Topliss-reactive ketones (excluding diaryl/α,β-unsaturated/α-hetero) is 1. The van der Waals surface area contributed by atoms with Gasteiger partial charge in [-0.15, -0.1) is 0 Å². The number of halogens is 1. The van der Waals surface area contributed by atoms with E-state index in [-0.39, 0.29) is 16.4 Å². The number of nitrogens with zero attached hydrogens (tertiary/aromatic N) is 1. The normalized spacial score (nSPS) is 18.3. The first-order valence-corrected chi connectivity index (χ1v) is 9.14. The molecule has 7 heteroatoms. The molecule has 0 aliphatic carbocycles. The molecule has 1 fully saturated rings. The number of anilines is 1. The quantitative estimate of drug-likeness (QED) is 0.388. The van der Waals surface area contributed by atoms with Gasteiger partial charge in [-0.25, -0.2) is 0 Å². The predicted molar refractivity (Wildman–Crippen MR) is 108 cm³/mol. The Kier molecular flexibility index (Phi) is 4.86. The lowest BCUT2D eigenvalue weighted by Crippen LogP contribution is -2.29. The number of aliphatic hydroxyl groups excluding tert-OH is 1. The molecule has 146 valence electrons. The molecular weight excluding hydrogens is 394 g/mol. The molecule has 29 heavy (non-hydrogen) atoms. The van der Waals surface area contributed by atoms with E-state index < -0.39 is 17.7 Å². The van der Waals surface area contributed by atoms with Gasteiger partial charge in [-0.1, -0.05) is 29.8 Å². The molecular formula is C22H16ClNO5. The van der Waals surface area contributed by atoms with E-state index in [1.807, 2.05) is 0 Å². The van der Waals surface area contributed by atoms with Crippen LogP contribution < -0.4 is 9.64 Å². The molecule has 1 unspecified atom stereocenters. The van der Waals surface area contributed by atoms with E-state index in [1.54, 1.807) is 54.6 Å². The Morgan fingerprint density at radius 2 is 1.86 bits per heavy atom. The monoisotopic (exact) mass is 409 g/mol. The fourth-order valence-corrected chi connectivity index (χ4v) is 3.63. The smallest absolute Gasteiger partial charge is 0.300 e. The van der Waals surface area contributed by atoms with Gasteiger partial charge in [0, 0.05) is 11.3 Å². The van der Waals surface area contributed by atoms with Crippen molar-refractivity contribution in [2.75, 3.05) is 12.0 Å². The molecule has 1 amide bonds. The molecule has 2 aromatic carbocycles. The number of carbonyl (C=O) groups is 2. The van der Waals surface area contributed by atoms with Gasteiger partial charge in [-0.3, -0.25) is 14.5 Å². The Morgan fingerprint density at radius 3 is 2.48 bits per heavy atom. The second kappa shape index (κ2) is 7.48. The van der Waals surface area contributed by atoms with Gasteiger partial charge in [0.1, 0.15) is 23.3 Å². The molecule has 0 spiro atoms. The largest absolute Gasteiger partial charge is 0.507 e. The fourth-order valence-electron chi connectivity index (χ4n) is 3.37. The highest BCUT2D eigenvalue weighted by Crippen LogP contribution is 2.42. The van der Waals surface area contributed by atoms with E-state index in [2.05, 4.69) is 0 Å². The first-order chi connectivity index (χ1) is 14.0. The zero-order valence-corrected chi connectivity index (χ0v) is 16.1. The lowest BCUT2D eigenvalue weighted by atomic mass is 9.99. The summed E-state index contributed by atoms with van der Waals surface area (Å²) in [4.78, 5) is 27.1. The van der Waals surface area contributed by atoms with Crippen molar-refractivity contribution < 1.29 is 23.8 Å². The molecule has 1 N–H and O–H groups in total. The van der Waals surface area contributed by atoms with Crippen LogP contribution in [0.4, 0.5) is 5.69 Å². The molecule has 0 radical (unpaired) electrons. The third kappa shape index (κ3) is 3.17. The average molecular weight is 410 g/mol. The standard InChI is InChI=1S/C22H16ClNO5/c1-28-16-10-9-13(12-15(16)23)20(25)18-19(17-8-5-11-29-17)24(22(27)21(18)26)14-6-3-2-4-7-14/h2-12,19,25H,1H3/b20-18-. The molecule has 0 bridgehead atoms. The molecule has 1 atom stereocenters. The summed E-state index contributed by atoms with van der Waals surface area (Å²) in [5.41, 5.74) is 0.733. The summed E-state index contributed by atoms with van der Waals surface area (Å²) < 4.78 is 10.6. The van der Waals surface area contributed by atoms with Crippen molar-refractivity contribution in [3.63, 3.8) is 0 Å². The molecule has 1 saturated heterocycles. The number of amides is 1. The van der Waals surface area contributed by atoms with Crippen molar-refractivity contribution in [3.05, 3.63) is 88.8 Å². The fraction of sp³-hybridized carbons (Fsp3) is 0.0909. The van der Waals surface area contributed by atoms with E-state index in [9.17, 15) is 14.7 Å². The van der Waals surface area contributed by atoms with E-state index in [4.69, 9.17) is 20.8 Å². The summed E-state index contributed by atoms with van der Waals surface area (Å²) in [5, 5.41) is 11.2. The maximum Gasteiger partial charge on any atom is 0.300 e. The number of benzene rings is 2. The number of methoxy groups -OCH3 is 1. The van der Waals surface area contributed by atoms with Gasteiger partial charge < -0.3 is 14.3 Å². The number of rotatable bonds is 4. The number of ketones is 1. The van der Waals surface area contributed by atoms with Crippen LogP contribution in [-0.4, -0.2) is 23.9 Å². The Morgan fingerprint density at radius 1 is 1.10 bits per heavy atom. The molecule has 2 heterocycles. The number of aliphatic hydroxyl groups is 1. The number of hydrogen-bond donors (Lipinski definition) is 1. The van der Waals surface area contributed by atoms with Crippen LogP contribution in [0.25, 0.3) is 5.76 Å². The van der Waals surface area contributed by atoms with E-state index >= 15 is 0 Å². The van der Waals surface area contributed by atoms with Gasteiger partial charge in [-0.05, 0) is 42.5 Å². The molecule has 1 aromatic heterocycles. The van der Waals surface area contributed by atoms with Crippen molar-refractivity contribution in [2.24, 2.45) is 0 Å². The highest BCUT2D eigenvalue weighted by atomic mass is 35.5. The number of para-hydroxylation sites is 1. The SMILES string of the molecule is COc1ccc(/C(O)=C2/C(=O)C(=O)N(c3ccccc3)C2c2ccco2)cc1Cl. The Balaban J connectivity index is 1.91. The van der Waals surface area contributed by atoms with E-state index in [0.717, 1.165) is 0 Å². The average Bonchev–Trinajstić information content (AvgIpc) is 3.35. The summed E-state index contributed by atoms with van der Waals surface area (Å²) in [6.45, 7) is 0. The van der Waals surface area contributed by atoms with Crippen LogP contribution in [0.5, 0.6) is 5.75 Å². The van der Waals surface area contributed by atoms with Crippen molar-refractivity contribution in [1.29, 1.82) is 0 Å². The Hall–Kier alpha value is -3.51.